The Balaban J connectivity index is 1.61. The molecule has 7 heteroatoms. The van der Waals surface area contributed by atoms with E-state index in [1.54, 1.807) is 43.8 Å². The van der Waals surface area contributed by atoms with Crippen LogP contribution in [0.4, 0.5) is 0 Å². The average molecular weight is 381 g/mol. The van der Waals surface area contributed by atoms with Gasteiger partial charge in [0.05, 0.1) is 18.6 Å². The van der Waals surface area contributed by atoms with Crippen LogP contribution in [-0.4, -0.2) is 56.1 Å². The zero-order chi connectivity index (χ0) is 17.8. The van der Waals surface area contributed by atoms with Gasteiger partial charge in [0, 0.05) is 49.2 Å². The van der Waals surface area contributed by atoms with Crippen LogP contribution in [-0.2, 0) is 6.54 Å². The lowest BCUT2D eigenvalue weighted by Gasteiger charge is -2.34. The van der Waals surface area contributed by atoms with Gasteiger partial charge in [-0.05, 0) is 24.3 Å². The summed E-state index contributed by atoms with van der Waals surface area (Å²) in [7, 11) is 3.16. The van der Waals surface area contributed by atoms with Gasteiger partial charge in [-0.15, -0.1) is 11.3 Å². The number of amides is 1. The number of halogens is 1. The summed E-state index contributed by atoms with van der Waals surface area (Å²) >= 11 is 7.60. The molecule has 0 saturated carbocycles. The van der Waals surface area contributed by atoms with Gasteiger partial charge in [-0.25, -0.2) is 0 Å². The minimum Gasteiger partial charge on any atom is -0.497 e. The topological polar surface area (TPSA) is 42.0 Å². The number of carbonyl (C=O) groups is 1. The van der Waals surface area contributed by atoms with Crippen LogP contribution in [0.1, 0.15) is 15.2 Å². The Morgan fingerprint density at radius 2 is 1.72 bits per heavy atom. The molecule has 2 aromatic rings. The third-order valence-electron chi connectivity index (χ3n) is 4.27. The Bertz CT molecular complexity index is 719. The van der Waals surface area contributed by atoms with Crippen molar-refractivity contribution in [3.63, 3.8) is 0 Å². The number of benzene rings is 1. The molecule has 1 aliphatic rings. The predicted molar refractivity (Wildman–Crippen MR) is 100 cm³/mol. The van der Waals surface area contributed by atoms with Crippen LogP contribution < -0.4 is 9.47 Å². The quantitative estimate of drug-likeness (QED) is 0.797. The van der Waals surface area contributed by atoms with Crippen LogP contribution in [0.3, 0.4) is 0 Å². The van der Waals surface area contributed by atoms with Gasteiger partial charge < -0.3 is 14.4 Å². The molecule has 0 spiro atoms. The lowest BCUT2D eigenvalue weighted by Crippen LogP contribution is -2.48. The van der Waals surface area contributed by atoms with Crippen molar-refractivity contribution >= 4 is 28.8 Å². The zero-order valence-electron chi connectivity index (χ0n) is 14.3. The molecular formula is C18H21ClN2O3S. The van der Waals surface area contributed by atoms with E-state index in [1.165, 1.54) is 4.88 Å². The number of methoxy groups -OCH3 is 2. The molecule has 5 nitrogen and oxygen atoms in total. The summed E-state index contributed by atoms with van der Waals surface area (Å²) in [4.78, 5) is 18.3. The van der Waals surface area contributed by atoms with Gasteiger partial charge in [-0.1, -0.05) is 11.6 Å². The fraction of sp³-hybridized carbons (Fsp3) is 0.389. The maximum atomic E-state index is 12.8. The summed E-state index contributed by atoms with van der Waals surface area (Å²) in [5, 5.41) is 0. The number of nitrogens with zero attached hydrogens (tertiary/aromatic N) is 2. The van der Waals surface area contributed by atoms with E-state index in [9.17, 15) is 4.79 Å². The van der Waals surface area contributed by atoms with Gasteiger partial charge in [0.2, 0.25) is 0 Å². The molecule has 1 aromatic heterocycles. The van der Waals surface area contributed by atoms with Gasteiger partial charge in [-0.2, -0.15) is 0 Å². The number of thiophene rings is 1. The molecule has 0 unspecified atom stereocenters. The van der Waals surface area contributed by atoms with Crippen LogP contribution in [0.5, 0.6) is 11.5 Å². The van der Waals surface area contributed by atoms with Crippen LogP contribution >= 0.6 is 22.9 Å². The number of hydrogen-bond donors (Lipinski definition) is 0. The molecule has 0 aliphatic carbocycles. The highest BCUT2D eigenvalue weighted by molar-refractivity contribution is 7.16. The first-order chi connectivity index (χ1) is 12.1. The minimum atomic E-state index is 0.0102. The van der Waals surface area contributed by atoms with Gasteiger partial charge in [-0.3, -0.25) is 9.69 Å². The standard InChI is InChI=1S/C18H21ClN2O3S/c1-23-14-9-13(10-15(11-14)24-2)18(22)21-7-5-20(6-8-21)12-16-3-4-17(19)25-16/h3-4,9-11H,5-8,12H2,1-2H3. The van der Waals surface area contributed by atoms with E-state index in [4.69, 9.17) is 21.1 Å². The van der Waals surface area contributed by atoms with Crippen LogP contribution in [0.15, 0.2) is 30.3 Å². The first kappa shape index (κ1) is 18.0. The van der Waals surface area contributed by atoms with E-state index >= 15 is 0 Å². The monoisotopic (exact) mass is 380 g/mol. The first-order valence-electron chi connectivity index (χ1n) is 8.08. The highest BCUT2D eigenvalue weighted by Gasteiger charge is 2.23. The molecule has 0 bridgehead atoms. The third-order valence-corrected chi connectivity index (χ3v) is 5.48. The highest BCUT2D eigenvalue weighted by atomic mass is 35.5. The van der Waals surface area contributed by atoms with E-state index in [2.05, 4.69) is 11.0 Å². The molecular weight excluding hydrogens is 360 g/mol. The highest BCUT2D eigenvalue weighted by Crippen LogP contribution is 2.25. The fourth-order valence-corrected chi connectivity index (χ4v) is 4.01. The van der Waals surface area contributed by atoms with Crippen molar-refractivity contribution in [1.82, 2.24) is 9.80 Å². The van der Waals surface area contributed by atoms with Crippen LogP contribution in [0.2, 0.25) is 4.34 Å². The molecule has 1 aliphatic heterocycles. The second kappa shape index (κ2) is 8.08. The van der Waals surface area contributed by atoms with Gasteiger partial charge in [0.15, 0.2) is 0 Å². The number of ether oxygens (including phenoxy) is 2. The third kappa shape index (κ3) is 4.45. The van der Waals surface area contributed by atoms with E-state index < -0.39 is 0 Å². The molecule has 134 valence electrons. The Morgan fingerprint density at radius 1 is 1.08 bits per heavy atom. The van der Waals surface area contributed by atoms with Gasteiger partial charge in [0.25, 0.3) is 5.91 Å². The molecule has 2 heterocycles. The summed E-state index contributed by atoms with van der Waals surface area (Å²) in [5.74, 6) is 1.25. The Kier molecular flexibility index (Phi) is 5.83. The SMILES string of the molecule is COc1cc(OC)cc(C(=O)N2CCN(Cc3ccc(Cl)s3)CC2)c1. The van der Waals surface area contributed by atoms with Crippen molar-refractivity contribution < 1.29 is 14.3 Å². The lowest BCUT2D eigenvalue weighted by atomic mass is 10.1. The first-order valence-corrected chi connectivity index (χ1v) is 9.27. The average Bonchev–Trinajstić information content (AvgIpc) is 3.06. The minimum absolute atomic E-state index is 0.0102. The van der Waals surface area contributed by atoms with Crippen molar-refractivity contribution in [1.29, 1.82) is 0 Å². The van der Waals surface area contributed by atoms with Crippen LogP contribution in [0.25, 0.3) is 0 Å². The molecule has 0 atom stereocenters. The molecule has 1 saturated heterocycles. The number of carbonyl (C=O) groups excluding carboxylic acids is 1. The number of piperazine rings is 1. The molecule has 1 aromatic carbocycles. The van der Waals surface area contributed by atoms with Crippen molar-refractivity contribution in [2.45, 2.75) is 6.54 Å². The van der Waals surface area contributed by atoms with E-state index in [0.717, 1.165) is 24.0 Å². The summed E-state index contributed by atoms with van der Waals surface area (Å²) in [6, 6.07) is 9.27. The molecule has 1 fully saturated rings. The number of hydrogen-bond acceptors (Lipinski definition) is 5. The predicted octanol–water partition coefficient (Wildman–Crippen LogP) is 3.38. The summed E-state index contributed by atoms with van der Waals surface area (Å²) < 4.78 is 11.3. The van der Waals surface area contributed by atoms with Gasteiger partial charge >= 0.3 is 0 Å². The Morgan fingerprint density at radius 3 is 2.24 bits per heavy atom. The zero-order valence-corrected chi connectivity index (χ0v) is 15.9. The second-order valence-electron chi connectivity index (χ2n) is 5.88. The largest absolute Gasteiger partial charge is 0.497 e. The van der Waals surface area contributed by atoms with E-state index in [1.807, 2.05) is 11.0 Å². The normalized spacial score (nSPS) is 15.2. The lowest BCUT2D eigenvalue weighted by molar-refractivity contribution is 0.0629. The van der Waals surface area contributed by atoms with Crippen molar-refractivity contribution in [2.24, 2.45) is 0 Å². The maximum Gasteiger partial charge on any atom is 0.254 e. The number of rotatable bonds is 5. The summed E-state index contributed by atoms with van der Waals surface area (Å²) in [6.45, 7) is 3.99. The molecule has 1 amide bonds. The second-order valence-corrected chi connectivity index (χ2v) is 7.68. The summed E-state index contributed by atoms with van der Waals surface area (Å²) in [6.07, 6.45) is 0. The molecule has 0 radical (unpaired) electrons. The Hall–Kier alpha value is -1.76. The maximum absolute atomic E-state index is 12.8. The van der Waals surface area contributed by atoms with Gasteiger partial charge in [0.1, 0.15) is 11.5 Å². The van der Waals surface area contributed by atoms with Crippen molar-refractivity contribution in [2.75, 3.05) is 40.4 Å². The molecule has 25 heavy (non-hydrogen) atoms. The van der Waals surface area contributed by atoms with Crippen LogP contribution in [0, 0.1) is 0 Å². The van der Waals surface area contributed by atoms with Crippen molar-refractivity contribution in [3.05, 3.63) is 45.1 Å². The molecule has 0 N–H and O–H groups in total. The van der Waals surface area contributed by atoms with E-state index in [0.29, 0.717) is 30.2 Å². The summed E-state index contributed by atoms with van der Waals surface area (Å²) in [5.41, 5.74) is 0.592. The fourth-order valence-electron chi connectivity index (χ4n) is 2.88. The molecule has 3 rings (SSSR count). The van der Waals surface area contributed by atoms with E-state index in [-0.39, 0.29) is 5.91 Å². The Labute approximate surface area is 156 Å². The smallest absolute Gasteiger partial charge is 0.254 e. The van der Waals surface area contributed by atoms with Crippen molar-refractivity contribution in [3.8, 4) is 11.5 Å².